The zero-order valence-corrected chi connectivity index (χ0v) is 25.3. The summed E-state index contributed by atoms with van der Waals surface area (Å²) in [5.74, 6) is 1.62. The number of nitrogens with zero attached hydrogens (tertiary/aromatic N) is 3. The summed E-state index contributed by atoms with van der Waals surface area (Å²) < 4.78 is 20.0. The number of ether oxygens (including phenoxy) is 3. The summed E-state index contributed by atoms with van der Waals surface area (Å²) in [4.78, 5) is 29.3. The van der Waals surface area contributed by atoms with Gasteiger partial charge in [-0.3, -0.25) is 4.79 Å². The van der Waals surface area contributed by atoms with E-state index >= 15 is 0 Å². The van der Waals surface area contributed by atoms with E-state index in [9.17, 15) is 9.59 Å². The number of amides is 2. The zero-order valence-electron chi connectivity index (χ0n) is 24.4. The van der Waals surface area contributed by atoms with Crippen LogP contribution in [0.15, 0.2) is 42.5 Å². The van der Waals surface area contributed by atoms with Crippen LogP contribution in [0.25, 0.3) is 0 Å². The minimum Gasteiger partial charge on any atom is -0.486 e. The van der Waals surface area contributed by atoms with Crippen LogP contribution in [0.1, 0.15) is 54.2 Å². The van der Waals surface area contributed by atoms with Crippen molar-refractivity contribution in [1.29, 1.82) is 0 Å². The molecule has 2 aromatic rings. The molecule has 0 saturated carbocycles. The molecule has 0 bridgehead atoms. The van der Waals surface area contributed by atoms with Gasteiger partial charge in [0.15, 0.2) is 0 Å². The number of methoxy groups -OCH3 is 1. The molecule has 3 saturated heterocycles. The smallest absolute Gasteiger partial charge is 0.410 e. The number of rotatable bonds is 7. The van der Waals surface area contributed by atoms with Gasteiger partial charge in [0, 0.05) is 38.1 Å². The van der Waals surface area contributed by atoms with Crippen LogP contribution in [0.2, 0.25) is 0 Å². The lowest BCUT2D eigenvalue weighted by Crippen LogP contribution is -2.75. The van der Waals surface area contributed by atoms with Gasteiger partial charge in [0.2, 0.25) is 0 Å². The number of hydrogen-bond acceptors (Lipinski definition) is 7. The second-order valence-corrected chi connectivity index (χ2v) is 13.3. The SMILES string of the molecule is COC1CN(C(=O)c2cc(C)ccc2C)CC1Oc1cccc(CSN2CCC23CN(C(=O)OC(C)(C)C)C3)c1. The van der Waals surface area contributed by atoms with Crippen molar-refractivity contribution in [2.24, 2.45) is 0 Å². The van der Waals surface area contributed by atoms with Gasteiger partial charge < -0.3 is 24.0 Å². The van der Waals surface area contributed by atoms with E-state index in [1.165, 1.54) is 5.56 Å². The molecule has 3 fully saturated rings. The summed E-state index contributed by atoms with van der Waals surface area (Å²) in [5.41, 5.74) is 3.54. The maximum Gasteiger partial charge on any atom is 0.410 e. The maximum atomic E-state index is 13.3. The van der Waals surface area contributed by atoms with Gasteiger partial charge in [0.25, 0.3) is 5.91 Å². The fraction of sp³-hybridized carbons (Fsp3) is 0.548. The van der Waals surface area contributed by atoms with Crippen LogP contribution in [0.4, 0.5) is 4.79 Å². The molecule has 9 heteroatoms. The lowest BCUT2D eigenvalue weighted by Gasteiger charge is -2.61. The fourth-order valence-electron chi connectivity index (χ4n) is 5.58. The molecule has 1 spiro atoms. The standard InChI is InChI=1S/C31H41N3O5S/c1-21-10-11-22(2)25(14-21)28(35)32-16-26(37-6)27(17-32)38-24-9-7-8-23(15-24)18-40-34-13-12-31(34)19-33(20-31)29(36)39-30(3,4)5/h7-11,14-15,26-27H,12-13,16-20H2,1-6H3. The van der Waals surface area contributed by atoms with E-state index < -0.39 is 5.60 Å². The third kappa shape index (κ3) is 6.11. The van der Waals surface area contributed by atoms with Crippen molar-refractivity contribution in [3.05, 3.63) is 64.7 Å². The highest BCUT2D eigenvalue weighted by Gasteiger charge is 2.55. The van der Waals surface area contributed by atoms with E-state index in [0.29, 0.717) is 13.1 Å². The molecule has 0 radical (unpaired) electrons. The molecule has 216 valence electrons. The van der Waals surface area contributed by atoms with Gasteiger partial charge in [0.1, 0.15) is 23.6 Å². The predicted octanol–water partition coefficient (Wildman–Crippen LogP) is 5.07. The van der Waals surface area contributed by atoms with Gasteiger partial charge in [0.05, 0.1) is 18.6 Å². The molecule has 3 heterocycles. The van der Waals surface area contributed by atoms with Crippen LogP contribution in [0, 0.1) is 13.8 Å². The molecule has 5 rings (SSSR count). The third-order valence-electron chi connectivity index (χ3n) is 7.93. The highest BCUT2D eigenvalue weighted by atomic mass is 32.2. The van der Waals surface area contributed by atoms with Crippen molar-refractivity contribution in [2.45, 2.75) is 70.1 Å². The number of carbonyl (C=O) groups is 2. The molecule has 3 aliphatic rings. The van der Waals surface area contributed by atoms with E-state index in [0.717, 1.165) is 54.2 Å². The molecule has 2 amide bonds. The Bertz CT molecular complexity index is 1260. The van der Waals surface area contributed by atoms with Crippen molar-refractivity contribution in [3.8, 4) is 5.75 Å². The van der Waals surface area contributed by atoms with Crippen molar-refractivity contribution < 1.29 is 23.8 Å². The average molecular weight is 568 g/mol. The molecule has 0 aromatic heterocycles. The monoisotopic (exact) mass is 567 g/mol. The van der Waals surface area contributed by atoms with Crippen LogP contribution >= 0.6 is 11.9 Å². The summed E-state index contributed by atoms with van der Waals surface area (Å²) in [6.45, 7) is 13.1. The van der Waals surface area contributed by atoms with Gasteiger partial charge >= 0.3 is 6.09 Å². The second-order valence-electron chi connectivity index (χ2n) is 12.3. The predicted molar refractivity (Wildman–Crippen MR) is 157 cm³/mol. The van der Waals surface area contributed by atoms with Gasteiger partial charge in [-0.2, -0.15) is 0 Å². The van der Waals surface area contributed by atoms with Crippen LogP contribution < -0.4 is 4.74 Å². The van der Waals surface area contributed by atoms with Crippen molar-refractivity contribution in [3.63, 3.8) is 0 Å². The zero-order chi connectivity index (χ0) is 28.7. The van der Waals surface area contributed by atoms with E-state index in [1.54, 1.807) is 12.0 Å². The third-order valence-corrected chi connectivity index (χ3v) is 9.28. The van der Waals surface area contributed by atoms with Gasteiger partial charge in [-0.25, -0.2) is 9.10 Å². The number of likely N-dealkylation sites (tertiary alicyclic amines) is 2. The minimum atomic E-state index is -0.476. The molecule has 40 heavy (non-hydrogen) atoms. The normalized spacial score (nSPS) is 22.1. The average Bonchev–Trinajstić information content (AvgIpc) is 3.25. The highest BCUT2D eigenvalue weighted by molar-refractivity contribution is 7.96. The molecular weight excluding hydrogens is 526 g/mol. The molecule has 2 unspecified atom stereocenters. The maximum absolute atomic E-state index is 13.3. The van der Waals surface area contributed by atoms with Crippen LogP contribution in [-0.2, 0) is 15.2 Å². The first-order valence-corrected chi connectivity index (χ1v) is 14.9. The van der Waals surface area contributed by atoms with E-state index in [1.807, 2.05) is 81.8 Å². The first kappa shape index (κ1) is 28.8. The van der Waals surface area contributed by atoms with Crippen molar-refractivity contribution >= 4 is 23.9 Å². The van der Waals surface area contributed by atoms with E-state index in [-0.39, 0.29) is 29.7 Å². The first-order valence-electron chi connectivity index (χ1n) is 14.0. The summed E-state index contributed by atoms with van der Waals surface area (Å²) in [7, 11) is 1.67. The highest BCUT2D eigenvalue weighted by Crippen LogP contribution is 2.44. The van der Waals surface area contributed by atoms with Crippen molar-refractivity contribution in [2.75, 3.05) is 39.8 Å². The Hall–Kier alpha value is -2.75. The van der Waals surface area contributed by atoms with Crippen LogP contribution in [0.3, 0.4) is 0 Å². The number of benzene rings is 2. The molecule has 2 atom stereocenters. The first-order chi connectivity index (χ1) is 19.0. The Balaban J connectivity index is 1.15. The molecule has 0 aliphatic carbocycles. The minimum absolute atomic E-state index is 0.0178. The van der Waals surface area contributed by atoms with Gasteiger partial charge in [-0.1, -0.05) is 41.8 Å². The Labute approximate surface area is 242 Å². The Morgan fingerprint density at radius 3 is 2.45 bits per heavy atom. The largest absolute Gasteiger partial charge is 0.486 e. The summed E-state index contributed by atoms with van der Waals surface area (Å²) >= 11 is 1.81. The molecule has 8 nitrogen and oxygen atoms in total. The number of hydrogen-bond donors (Lipinski definition) is 0. The lowest BCUT2D eigenvalue weighted by atomic mass is 9.80. The summed E-state index contributed by atoms with van der Waals surface area (Å²) in [6.07, 6.45) is 0.434. The molecule has 0 N–H and O–H groups in total. The Morgan fingerprint density at radius 2 is 1.77 bits per heavy atom. The Kier molecular flexibility index (Phi) is 8.10. The molecule has 3 aliphatic heterocycles. The van der Waals surface area contributed by atoms with Gasteiger partial charge in [-0.05, 0) is 70.4 Å². The van der Waals surface area contributed by atoms with Crippen LogP contribution in [-0.4, -0.2) is 89.3 Å². The molecule has 2 aromatic carbocycles. The van der Waals surface area contributed by atoms with E-state index in [2.05, 4.69) is 16.4 Å². The van der Waals surface area contributed by atoms with Gasteiger partial charge in [-0.15, -0.1) is 0 Å². The van der Waals surface area contributed by atoms with E-state index in [4.69, 9.17) is 14.2 Å². The summed E-state index contributed by atoms with van der Waals surface area (Å²) in [6, 6.07) is 14.1. The van der Waals surface area contributed by atoms with Crippen molar-refractivity contribution in [1.82, 2.24) is 14.1 Å². The second kappa shape index (κ2) is 11.3. The fourth-order valence-corrected chi connectivity index (χ4v) is 6.76. The molecular formula is C31H41N3O5S. The quantitative estimate of drug-likeness (QED) is 0.433. The topological polar surface area (TPSA) is 71.5 Å². The Morgan fingerprint density at radius 1 is 1.02 bits per heavy atom. The lowest BCUT2D eigenvalue weighted by molar-refractivity contribution is -0.0738. The summed E-state index contributed by atoms with van der Waals surface area (Å²) in [5, 5.41) is 0. The number of aryl methyl sites for hydroxylation is 2. The van der Waals surface area contributed by atoms with Crippen LogP contribution in [0.5, 0.6) is 5.75 Å². The number of carbonyl (C=O) groups excluding carboxylic acids is 2.